The number of hydrogen-bond donors (Lipinski definition) is 0. The number of carbonyl (C=O) groups excluding carboxylic acids is 1. The van der Waals surface area contributed by atoms with E-state index in [4.69, 9.17) is 4.42 Å². The molecule has 1 aromatic heterocycles. The van der Waals surface area contributed by atoms with Gasteiger partial charge in [-0.2, -0.15) is 4.31 Å². The zero-order valence-electron chi connectivity index (χ0n) is 19.4. The third-order valence-electron chi connectivity index (χ3n) is 6.12. The molecule has 1 fully saturated rings. The van der Waals surface area contributed by atoms with Crippen LogP contribution in [0.15, 0.2) is 56.6 Å². The number of hydrogen-bond acceptors (Lipinski definition) is 5. The number of rotatable bonds is 4. The Hall–Kier alpha value is -2.91. The molecule has 0 bridgehead atoms. The molecule has 0 spiro atoms. The molecule has 0 atom stereocenters. The van der Waals surface area contributed by atoms with Crippen LogP contribution in [0.2, 0.25) is 0 Å². The monoisotopic (exact) mass is 471 g/mol. The molecule has 1 aliphatic heterocycles. The minimum atomic E-state index is -3.78. The lowest BCUT2D eigenvalue weighted by Gasteiger charge is -2.34. The van der Waals surface area contributed by atoms with Crippen molar-refractivity contribution >= 4 is 27.0 Å². The van der Waals surface area contributed by atoms with Crippen LogP contribution in [0, 0.1) is 0 Å². The lowest BCUT2D eigenvalue weighted by Crippen LogP contribution is -2.50. The largest absolute Gasteiger partial charge is 0.419 e. The van der Waals surface area contributed by atoms with Gasteiger partial charge in [-0.15, -0.1) is 0 Å². The fourth-order valence-corrected chi connectivity index (χ4v) is 5.52. The summed E-state index contributed by atoms with van der Waals surface area (Å²) in [4.78, 5) is 26.6. The summed E-state index contributed by atoms with van der Waals surface area (Å²) >= 11 is 0. The molecule has 0 unspecified atom stereocenters. The van der Waals surface area contributed by atoms with Crippen LogP contribution in [-0.2, 0) is 22.0 Å². The third kappa shape index (κ3) is 4.35. The minimum Gasteiger partial charge on any atom is -0.408 e. The van der Waals surface area contributed by atoms with Crippen molar-refractivity contribution in [2.45, 2.75) is 44.6 Å². The van der Waals surface area contributed by atoms with Crippen LogP contribution in [0.4, 0.5) is 0 Å². The molecule has 0 radical (unpaired) electrons. The molecule has 9 heteroatoms. The van der Waals surface area contributed by atoms with Crippen molar-refractivity contribution in [1.29, 1.82) is 0 Å². The number of nitrogens with zero attached hydrogens (tertiary/aromatic N) is 3. The van der Waals surface area contributed by atoms with E-state index >= 15 is 0 Å². The smallest absolute Gasteiger partial charge is 0.408 e. The summed E-state index contributed by atoms with van der Waals surface area (Å²) < 4.78 is 34.4. The van der Waals surface area contributed by atoms with Crippen LogP contribution in [0.5, 0.6) is 0 Å². The number of sulfonamides is 1. The number of piperazine rings is 1. The highest BCUT2D eigenvalue weighted by molar-refractivity contribution is 7.89. The highest BCUT2D eigenvalue weighted by Crippen LogP contribution is 2.24. The van der Waals surface area contributed by atoms with Crippen LogP contribution in [0.25, 0.3) is 11.1 Å². The average Bonchev–Trinajstić information content (AvgIpc) is 3.12. The van der Waals surface area contributed by atoms with Gasteiger partial charge >= 0.3 is 5.76 Å². The quantitative estimate of drug-likeness (QED) is 0.583. The van der Waals surface area contributed by atoms with Gasteiger partial charge in [-0.3, -0.25) is 9.36 Å². The first-order valence-corrected chi connectivity index (χ1v) is 12.5. The molecule has 0 saturated carbocycles. The molecule has 0 N–H and O–H groups in total. The van der Waals surface area contributed by atoms with E-state index in [1.54, 1.807) is 11.0 Å². The molecule has 2 aromatic carbocycles. The van der Waals surface area contributed by atoms with Gasteiger partial charge in [-0.1, -0.05) is 32.9 Å². The molecule has 1 saturated heterocycles. The number of oxazole rings is 1. The Morgan fingerprint density at radius 2 is 1.64 bits per heavy atom. The van der Waals surface area contributed by atoms with Crippen LogP contribution in [-0.4, -0.2) is 54.3 Å². The topological polar surface area (TPSA) is 92.8 Å². The standard InChI is InChI=1S/C24H29N3O5S/c1-5-27-20-11-10-19(16-21(20)32-23(27)29)33(30,31)26-14-12-25(13-15-26)22(28)17-6-8-18(9-7-17)24(2,3)4/h6-11,16H,5,12-15H2,1-4H3. The Kier molecular flexibility index (Phi) is 5.96. The van der Waals surface area contributed by atoms with E-state index in [1.165, 1.54) is 21.0 Å². The van der Waals surface area contributed by atoms with E-state index in [1.807, 2.05) is 31.2 Å². The Morgan fingerprint density at radius 1 is 1.00 bits per heavy atom. The van der Waals surface area contributed by atoms with Gasteiger partial charge in [0.05, 0.1) is 10.4 Å². The van der Waals surface area contributed by atoms with E-state index < -0.39 is 15.8 Å². The van der Waals surface area contributed by atoms with Gasteiger partial charge in [0.25, 0.3) is 5.91 Å². The van der Waals surface area contributed by atoms with Crippen molar-refractivity contribution in [2.75, 3.05) is 26.2 Å². The molecule has 0 aliphatic carbocycles. The highest BCUT2D eigenvalue weighted by atomic mass is 32.2. The van der Waals surface area contributed by atoms with E-state index in [9.17, 15) is 18.0 Å². The fraction of sp³-hybridized carbons (Fsp3) is 0.417. The zero-order valence-corrected chi connectivity index (χ0v) is 20.2. The SMILES string of the molecule is CCn1c(=O)oc2cc(S(=O)(=O)N3CCN(C(=O)c4ccc(C(C)(C)C)cc4)CC3)ccc21. The van der Waals surface area contributed by atoms with Gasteiger partial charge in [0, 0.05) is 44.4 Å². The second-order valence-corrected chi connectivity index (χ2v) is 11.2. The van der Waals surface area contributed by atoms with E-state index in [2.05, 4.69) is 20.8 Å². The van der Waals surface area contributed by atoms with Gasteiger partial charge in [0.2, 0.25) is 10.0 Å². The molecule has 8 nitrogen and oxygen atoms in total. The van der Waals surface area contributed by atoms with Crippen molar-refractivity contribution in [2.24, 2.45) is 0 Å². The summed E-state index contributed by atoms with van der Waals surface area (Å²) in [6.07, 6.45) is 0. The van der Waals surface area contributed by atoms with Crippen LogP contribution in [0.1, 0.15) is 43.6 Å². The Bertz CT molecular complexity index is 1340. The molecule has 1 aliphatic rings. The van der Waals surface area contributed by atoms with Crippen molar-refractivity contribution in [3.8, 4) is 0 Å². The normalized spacial score (nSPS) is 15.8. The zero-order chi connectivity index (χ0) is 24.0. The maximum atomic E-state index is 13.2. The van der Waals surface area contributed by atoms with Gasteiger partial charge < -0.3 is 9.32 Å². The Morgan fingerprint density at radius 3 is 2.21 bits per heavy atom. The van der Waals surface area contributed by atoms with Gasteiger partial charge in [-0.25, -0.2) is 13.2 Å². The first-order chi connectivity index (χ1) is 15.5. The van der Waals surface area contributed by atoms with Crippen molar-refractivity contribution in [1.82, 2.24) is 13.8 Å². The fourth-order valence-electron chi connectivity index (χ4n) is 4.08. The second kappa shape index (κ2) is 8.46. The average molecular weight is 472 g/mol. The number of aryl methyl sites for hydroxylation is 1. The molecule has 1 amide bonds. The number of carbonyl (C=O) groups is 1. The van der Waals surface area contributed by atoms with Crippen molar-refractivity contribution in [3.05, 3.63) is 64.1 Å². The summed E-state index contributed by atoms with van der Waals surface area (Å²) in [5.74, 6) is -0.610. The lowest BCUT2D eigenvalue weighted by molar-refractivity contribution is 0.0698. The maximum Gasteiger partial charge on any atom is 0.419 e. The summed E-state index contributed by atoms with van der Waals surface area (Å²) in [6.45, 7) is 9.63. The van der Waals surface area contributed by atoms with Crippen LogP contribution in [0.3, 0.4) is 0 Å². The van der Waals surface area contributed by atoms with Gasteiger partial charge in [0.15, 0.2) is 5.58 Å². The maximum absolute atomic E-state index is 13.2. The lowest BCUT2D eigenvalue weighted by atomic mass is 9.86. The Labute approximate surface area is 193 Å². The van der Waals surface area contributed by atoms with E-state index in [0.29, 0.717) is 30.7 Å². The summed E-state index contributed by atoms with van der Waals surface area (Å²) in [6, 6.07) is 12.1. The summed E-state index contributed by atoms with van der Waals surface area (Å²) in [5.41, 5.74) is 2.56. The minimum absolute atomic E-state index is 0.00622. The number of fused-ring (bicyclic) bond motifs is 1. The van der Waals surface area contributed by atoms with Crippen molar-refractivity contribution < 1.29 is 17.6 Å². The van der Waals surface area contributed by atoms with Crippen molar-refractivity contribution in [3.63, 3.8) is 0 Å². The number of amides is 1. The van der Waals surface area contributed by atoms with Gasteiger partial charge in [-0.05, 0) is 42.2 Å². The first-order valence-electron chi connectivity index (χ1n) is 11.1. The van der Waals surface area contributed by atoms with Gasteiger partial charge in [0.1, 0.15) is 0 Å². The highest BCUT2D eigenvalue weighted by Gasteiger charge is 2.31. The predicted octanol–water partition coefficient (Wildman–Crippen LogP) is 3.06. The predicted molar refractivity (Wildman–Crippen MR) is 126 cm³/mol. The van der Waals surface area contributed by atoms with Crippen LogP contribution >= 0.6 is 0 Å². The van der Waals surface area contributed by atoms with Crippen LogP contribution < -0.4 is 5.76 Å². The third-order valence-corrected chi connectivity index (χ3v) is 8.01. The summed E-state index contributed by atoms with van der Waals surface area (Å²) in [5, 5.41) is 0. The first kappa shape index (κ1) is 23.3. The molecule has 176 valence electrons. The van der Waals surface area contributed by atoms with E-state index in [0.717, 1.165) is 5.56 Å². The second-order valence-electron chi connectivity index (χ2n) is 9.27. The summed E-state index contributed by atoms with van der Waals surface area (Å²) in [7, 11) is -3.78. The van der Waals surface area contributed by atoms with E-state index in [-0.39, 0.29) is 34.9 Å². The number of benzene rings is 2. The molecule has 4 rings (SSSR count). The molecule has 33 heavy (non-hydrogen) atoms. The number of aromatic nitrogens is 1. The molecule has 3 aromatic rings. The Balaban J connectivity index is 1.47. The molecule has 2 heterocycles. The molecular formula is C24H29N3O5S. The molecular weight excluding hydrogens is 442 g/mol.